The summed E-state index contributed by atoms with van der Waals surface area (Å²) in [6.07, 6.45) is -0.428. The van der Waals surface area contributed by atoms with Gasteiger partial charge in [0, 0.05) is 18.2 Å². The van der Waals surface area contributed by atoms with E-state index in [4.69, 9.17) is 0 Å². The van der Waals surface area contributed by atoms with E-state index in [1.54, 1.807) is 6.07 Å². The highest BCUT2D eigenvalue weighted by molar-refractivity contribution is 5.81. The van der Waals surface area contributed by atoms with Gasteiger partial charge in [0.1, 0.15) is 6.04 Å². The molecule has 6 nitrogen and oxygen atoms in total. The molecule has 0 radical (unpaired) electrons. The van der Waals surface area contributed by atoms with Crippen molar-refractivity contribution in [3.05, 3.63) is 29.8 Å². The Morgan fingerprint density at radius 2 is 2.00 bits per heavy atom. The topological polar surface area (TPSA) is 89.9 Å². The van der Waals surface area contributed by atoms with Crippen LogP contribution in [-0.4, -0.2) is 39.8 Å². The Balaban J connectivity index is 2.08. The van der Waals surface area contributed by atoms with Crippen LogP contribution in [0.5, 0.6) is 0 Å². The summed E-state index contributed by atoms with van der Waals surface area (Å²) in [5.41, 5.74) is 1.58. The summed E-state index contributed by atoms with van der Waals surface area (Å²) >= 11 is 0. The van der Waals surface area contributed by atoms with Gasteiger partial charge >= 0.3 is 12.1 Å². The van der Waals surface area contributed by atoms with Crippen LogP contribution in [0.25, 0.3) is 0 Å². The summed E-state index contributed by atoms with van der Waals surface area (Å²) in [6, 6.07) is 6.21. The SMILES string of the molecule is O=C(O)C1Nc2ccccc2C2C1CCN2C(=O)O. The van der Waals surface area contributed by atoms with E-state index in [1.807, 2.05) is 18.2 Å². The standard InChI is InChI=1S/C13H14N2O4/c16-12(17)10-8-5-6-15(13(18)19)11(8)7-3-1-2-4-9(7)14-10/h1-4,8,10-11,14H,5-6H2,(H,16,17)(H,18,19). The fourth-order valence-corrected chi connectivity index (χ4v) is 3.18. The van der Waals surface area contributed by atoms with Crippen molar-refractivity contribution in [2.24, 2.45) is 5.92 Å². The van der Waals surface area contributed by atoms with Gasteiger partial charge < -0.3 is 20.4 Å². The first-order chi connectivity index (χ1) is 9.09. The van der Waals surface area contributed by atoms with Crippen LogP contribution in [0.1, 0.15) is 18.0 Å². The molecule has 2 aliphatic heterocycles. The van der Waals surface area contributed by atoms with Crippen LogP contribution in [-0.2, 0) is 4.79 Å². The minimum atomic E-state index is -0.992. The molecule has 3 atom stereocenters. The number of amides is 1. The molecular formula is C13H14N2O4. The average molecular weight is 262 g/mol. The molecule has 0 spiro atoms. The molecule has 3 N–H and O–H groups in total. The van der Waals surface area contributed by atoms with E-state index < -0.39 is 18.1 Å². The Labute approximate surface area is 109 Å². The lowest BCUT2D eigenvalue weighted by Gasteiger charge is -2.36. The van der Waals surface area contributed by atoms with Gasteiger partial charge in [0.05, 0.1) is 6.04 Å². The first-order valence-corrected chi connectivity index (χ1v) is 6.17. The number of aliphatic carboxylic acids is 1. The molecule has 1 fully saturated rings. The average Bonchev–Trinajstić information content (AvgIpc) is 2.82. The fourth-order valence-electron chi connectivity index (χ4n) is 3.18. The number of anilines is 1. The van der Waals surface area contributed by atoms with Crippen molar-refractivity contribution < 1.29 is 19.8 Å². The molecule has 2 aliphatic rings. The molecule has 1 amide bonds. The second-order valence-electron chi connectivity index (χ2n) is 4.92. The monoisotopic (exact) mass is 262 g/mol. The summed E-state index contributed by atoms with van der Waals surface area (Å²) in [5, 5.41) is 21.6. The fraction of sp³-hybridized carbons (Fsp3) is 0.385. The minimum Gasteiger partial charge on any atom is -0.480 e. The van der Waals surface area contributed by atoms with Gasteiger partial charge in [0.15, 0.2) is 0 Å². The Morgan fingerprint density at radius 3 is 2.68 bits per heavy atom. The van der Waals surface area contributed by atoms with Crippen molar-refractivity contribution in [1.29, 1.82) is 0 Å². The minimum absolute atomic E-state index is 0.219. The van der Waals surface area contributed by atoms with Crippen molar-refractivity contribution in [3.63, 3.8) is 0 Å². The van der Waals surface area contributed by atoms with Gasteiger partial charge in [-0.25, -0.2) is 9.59 Å². The maximum absolute atomic E-state index is 11.4. The van der Waals surface area contributed by atoms with Gasteiger partial charge in [-0.05, 0) is 18.1 Å². The number of hydrogen-bond donors (Lipinski definition) is 3. The van der Waals surface area contributed by atoms with Gasteiger partial charge in [-0.3, -0.25) is 0 Å². The maximum Gasteiger partial charge on any atom is 0.407 e. The lowest BCUT2D eigenvalue weighted by molar-refractivity contribution is -0.139. The number of carboxylic acids is 1. The third-order valence-corrected chi connectivity index (χ3v) is 3.98. The molecule has 19 heavy (non-hydrogen) atoms. The Kier molecular flexibility index (Phi) is 2.58. The molecule has 100 valence electrons. The first-order valence-electron chi connectivity index (χ1n) is 6.17. The predicted octanol–water partition coefficient (Wildman–Crippen LogP) is 1.61. The van der Waals surface area contributed by atoms with Crippen LogP contribution in [0.2, 0.25) is 0 Å². The van der Waals surface area contributed by atoms with Crippen LogP contribution < -0.4 is 5.32 Å². The lowest BCUT2D eigenvalue weighted by atomic mass is 9.83. The molecule has 6 heteroatoms. The van der Waals surface area contributed by atoms with Crippen molar-refractivity contribution >= 4 is 17.7 Å². The predicted molar refractivity (Wildman–Crippen MR) is 67.1 cm³/mol. The Bertz CT molecular complexity index is 545. The third kappa shape index (κ3) is 1.71. The third-order valence-electron chi connectivity index (χ3n) is 3.98. The van der Waals surface area contributed by atoms with E-state index in [-0.39, 0.29) is 12.0 Å². The summed E-state index contributed by atoms with van der Waals surface area (Å²) in [6.45, 7) is 0.379. The van der Waals surface area contributed by atoms with Gasteiger partial charge in [0.2, 0.25) is 0 Å². The number of carboxylic acid groups (broad SMARTS) is 2. The van der Waals surface area contributed by atoms with Crippen LogP contribution >= 0.6 is 0 Å². The Hall–Kier alpha value is -2.24. The van der Waals surface area contributed by atoms with Gasteiger partial charge in [-0.15, -0.1) is 0 Å². The van der Waals surface area contributed by atoms with Crippen molar-refractivity contribution in [2.75, 3.05) is 11.9 Å². The Morgan fingerprint density at radius 1 is 1.26 bits per heavy atom. The van der Waals surface area contributed by atoms with Gasteiger partial charge in [-0.1, -0.05) is 18.2 Å². The number of rotatable bonds is 1. The quantitative estimate of drug-likeness (QED) is 0.715. The molecule has 1 aromatic rings. The number of hydrogen-bond acceptors (Lipinski definition) is 3. The highest BCUT2D eigenvalue weighted by atomic mass is 16.4. The smallest absolute Gasteiger partial charge is 0.407 e. The van der Waals surface area contributed by atoms with E-state index in [9.17, 15) is 19.8 Å². The highest BCUT2D eigenvalue weighted by Crippen LogP contribution is 2.46. The van der Waals surface area contributed by atoms with Crippen LogP contribution in [0, 0.1) is 5.92 Å². The highest BCUT2D eigenvalue weighted by Gasteiger charge is 2.48. The number of benzene rings is 1. The molecule has 1 saturated heterocycles. The number of likely N-dealkylation sites (tertiary alicyclic amines) is 1. The molecule has 3 unspecified atom stereocenters. The zero-order chi connectivity index (χ0) is 13.6. The van der Waals surface area contributed by atoms with Crippen molar-refractivity contribution in [3.8, 4) is 0 Å². The van der Waals surface area contributed by atoms with Gasteiger partial charge in [-0.2, -0.15) is 0 Å². The molecule has 0 aromatic heterocycles. The van der Waals surface area contributed by atoms with Crippen molar-refractivity contribution in [2.45, 2.75) is 18.5 Å². The molecule has 2 heterocycles. The molecule has 1 aromatic carbocycles. The zero-order valence-corrected chi connectivity index (χ0v) is 10.1. The number of para-hydroxylation sites is 1. The van der Waals surface area contributed by atoms with E-state index in [2.05, 4.69) is 5.32 Å². The van der Waals surface area contributed by atoms with Crippen LogP contribution in [0.4, 0.5) is 10.5 Å². The van der Waals surface area contributed by atoms with Crippen LogP contribution in [0.15, 0.2) is 24.3 Å². The van der Waals surface area contributed by atoms with Gasteiger partial charge in [0.25, 0.3) is 0 Å². The number of fused-ring (bicyclic) bond motifs is 3. The van der Waals surface area contributed by atoms with E-state index >= 15 is 0 Å². The second-order valence-corrected chi connectivity index (χ2v) is 4.92. The summed E-state index contributed by atoms with van der Waals surface area (Å²) in [4.78, 5) is 24.0. The first kappa shape index (κ1) is 11.8. The number of nitrogens with zero attached hydrogens (tertiary/aromatic N) is 1. The van der Waals surface area contributed by atoms with E-state index in [0.29, 0.717) is 18.7 Å². The number of nitrogens with one attached hydrogen (secondary N) is 1. The normalized spacial score (nSPS) is 28.2. The molecule has 0 saturated carbocycles. The largest absolute Gasteiger partial charge is 0.480 e. The summed E-state index contributed by atoms with van der Waals surface area (Å²) in [5.74, 6) is -1.15. The molecule has 0 bridgehead atoms. The summed E-state index contributed by atoms with van der Waals surface area (Å²) in [7, 11) is 0. The van der Waals surface area contributed by atoms with E-state index in [1.165, 1.54) is 4.90 Å². The maximum atomic E-state index is 11.4. The molecular weight excluding hydrogens is 248 g/mol. The van der Waals surface area contributed by atoms with E-state index in [0.717, 1.165) is 5.56 Å². The molecule has 3 rings (SSSR count). The lowest BCUT2D eigenvalue weighted by Crippen LogP contribution is -2.44. The zero-order valence-electron chi connectivity index (χ0n) is 10.1. The van der Waals surface area contributed by atoms with Crippen molar-refractivity contribution in [1.82, 2.24) is 4.90 Å². The second kappa shape index (κ2) is 4.15. The molecule has 0 aliphatic carbocycles. The van der Waals surface area contributed by atoms with Crippen LogP contribution in [0.3, 0.4) is 0 Å². The number of carbonyl (C=O) groups is 2. The summed E-state index contributed by atoms with van der Waals surface area (Å²) < 4.78 is 0.